The van der Waals surface area contributed by atoms with Gasteiger partial charge in [0.1, 0.15) is 5.82 Å². The van der Waals surface area contributed by atoms with Crippen molar-refractivity contribution in [2.75, 3.05) is 30.4 Å². The molecule has 0 aromatic carbocycles. The molecule has 0 atom stereocenters. The maximum atomic E-state index is 9.23. The smallest absolute Gasteiger partial charge is 0.224 e. The first-order chi connectivity index (χ1) is 8.65. The van der Waals surface area contributed by atoms with Gasteiger partial charge in [0.15, 0.2) is 0 Å². The average Bonchev–Trinajstić information content (AvgIpc) is 2.38. The number of aliphatic hydroxyl groups excluding tert-OH is 1. The summed E-state index contributed by atoms with van der Waals surface area (Å²) in [5.74, 6) is 1.51. The highest BCUT2D eigenvalue weighted by Crippen LogP contribution is 2.20. The minimum absolute atomic E-state index is 0.133. The normalized spacial score (nSPS) is 10.8. The van der Waals surface area contributed by atoms with Crippen LogP contribution in [0.5, 0.6) is 0 Å². The molecule has 0 saturated heterocycles. The van der Waals surface area contributed by atoms with Crippen LogP contribution in [-0.4, -0.2) is 41.3 Å². The van der Waals surface area contributed by atoms with Gasteiger partial charge < -0.3 is 15.3 Å². The number of aliphatic hydroxyl groups is 1. The Bertz CT molecular complexity index is 366. The summed E-state index contributed by atoms with van der Waals surface area (Å²) in [6.07, 6.45) is 2.07. The van der Waals surface area contributed by atoms with Crippen LogP contribution in [0.15, 0.2) is 6.07 Å². The molecular weight excluding hydrogens is 228 g/mol. The molecule has 102 valence electrons. The highest BCUT2D eigenvalue weighted by molar-refractivity contribution is 5.45. The monoisotopic (exact) mass is 252 g/mol. The molecule has 0 aliphatic carbocycles. The van der Waals surface area contributed by atoms with Crippen molar-refractivity contribution in [1.82, 2.24) is 9.97 Å². The number of anilines is 2. The molecule has 5 heteroatoms. The first-order valence-electron chi connectivity index (χ1n) is 6.57. The van der Waals surface area contributed by atoms with Crippen LogP contribution in [0.3, 0.4) is 0 Å². The van der Waals surface area contributed by atoms with Crippen LogP contribution in [0.1, 0.15) is 32.4 Å². The number of aromatic nitrogens is 2. The number of nitrogens with zero attached hydrogens (tertiary/aromatic N) is 3. The summed E-state index contributed by atoms with van der Waals surface area (Å²) in [5, 5.41) is 12.2. The van der Waals surface area contributed by atoms with E-state index in [1.54, 1.807) is 0 Å². The second-order valence-electron chi connectivity index (χ2n) is 4.33. The number of aryl methyl sites for hydroxylation is 1. The average molecular weight is 252 g/mol. The summed E-state index contributed by atoms with van der Waals surface area (Å²) in [5.41, 5.74) is 0.929. The van der Waals surface area contributed by atoms with Crippen molar-refractivity contribution in [2.24, 2.45) is 0 Å². The van der Waals surface area contributed by atoms with E-state index >= 15 is 0 Å². The van der Waals surface area contributed by atoms with Gasteiger partial charge in [-0.05, 0) is 19.8 Å². The molecule has 0 aliphatic heterocycles. The van der Waals surface area contributed by atoms with Gasteiger partial charge in [0.05, 0.1) is 6.61 Å². The van der Waals surface area contributed by atoms with Gasteiger partial charge >= 0.3 is 0 Å². The summed E-state index contributed by atoms with van der Waals surface area (Å²) in [6, 6.07) is 2.37. The Morgan fingerprint density at radius 3 is 2.50 bits per heavy atom. The lowest BCUT2D eigenvalue weighted by Crippen LogP contribution is -2.37. The van der Waals surface area contributed by atoms with Crippen LogP contribution < -0.4 is 10.2 Å². The molecule has 0 radical (unpaired) electrons. The van der Waals surface area contributed by atoms with Crippen molar-refractivity contribution in [3.63, 3.8) is 0 Å². The molecule has 2 N–H and O–H groups in total. The summed E-state index contributed by atoms with van der Waals surface area (Å²) < 4.78 is 0. The Kier molecular flexibility index (Phi) is 5.85. The van der Waals surface area contributed by atoms with Crippen molar-refractivity contribution in [1.29, 1.82) is 0 Å². The first-order valence-corrected chi connectivity index (χ1v) is 6.57. The predicted molar refractivity (Wildman–Crippen MR) is 75.1 cm³/mol. The van der Waals surface area contributed by atoms with Gasteiger partial charge in [-0.1, -0.05) is 13.8 Å². The Morgan fingerprint density at radius 1 is 1.33 bits per heavy atom. The van der Waals surface area contributed by atoms with Crippen molar-refractivity contribution in [2.45, 2.75) is 39.7 Å². The van der Waals surface area contributed by atoms with E-state index in [-0.39, 0.29) is 6.61 Å². The molecule has 0 saturated carbocycles. The third-order valence-electron chi connectivity index (χ3n) is 3.08. The number of nitrogens with one attached hydrogen (secondary N) is 1. The molecule has 0 unspecified atom stereocenters. The van der Waals surface area contributed by atoms with Crippen LogP contribution in [0.2, 0.25) is 0 Å². The van der Waals surface area contributed by atoms with Crippen LogP contribution in [0.25, 0.3) is 0 Å². The number of hydrogen-bond donors (Lipinski definition) is 2. The number of hydrogen-bond acceptors (Lipinski definition) is 5. The van der Waals surface area contributed by atoms with Gasteiger partial charge in [-0.2, -0.15) is 4.98 Å². The molecule has 0 aliphatic rings. The zero-order valence-corrected chi connectivity index (χ0v) is 11.8. The lowest BCUT2D eigenvalue weighted by atomic mass is 10.1. The van der Waals surface area contributed by atoms with Gasteiger partial charge in [-0.3, -0.25) is 0 Å². The third kappa shape index (κ3) is 3.57. The predicted octanol–water partition coefficient (Wildman–Crippen LogP) is 1.81. The maximum Gasteiger partial charge on any atom is 0.224 e. The molecular formula is C13H24N4O. The van der Waals surface area contributed by atoms with Gasteiger partial charge in [0.25, 0.3) is 0 Å². The molecule has 1 rings (SSSR count). The van der Waals surface area contributed by atoms with Gasteiger partial charge in [0, 0.05) is 31.4 Å². The van der Waals surface area contributed by atoms with E-state index in [2.05, 4.69) is 34.0 Å². The zero-order chi connectivity index (χ0) is 13.5. The highest BCUT2D eigenvalue weighted by Gasteiger charge is 2.17. The molecule has 1 aromatic rings. The maximum absolute atomic E-state index is 9.23. The third-order valence-corrected chi connectivity index (χ3v) is 3.08. The second kappa shape index (κ2) is 7.16. The summed E-state index contributed by atoms with van der Waals surface area (Å²) >= 11 is 0. The molecule has 1 heterocycles. The van der Waals surface area contributed by atoms with Crippen LogP contribution in [-0.2, 0) is 0 Å². The summed E-state index contributed by atoms with van der Waals surface area (Å²) in [7, 11) is 1.81. The SMILES string of the molecule is CCC(CC)N(CCO)c1cc(C)nc(NC)n1. The zero-order valence-electron chi connectivity index (χ0n) is 11.8. The molecule has 0 bridgehead atoms. The van der Waals surface area contributed by atoms with Crippen molar-refractivity contribution in [3.8, 4) is 0 Å². The van der Waals surface area contributed by atoms with E-state index in [9.17, 15) is 5.11 Å². The lowest BCUT2D eigenvalue weighted by Gasteiger charge is -2.31. The second-order valence-corrected chi connectivity index (χ2v) is 4.33. The van der Waals surface area contributed by atoms with Gasteiger partial charge in [0.2, 0.25) is 5.95 Å². The Hall–Kier alpha value is -1.36. The Morgan fingerprint density at radius 2 is 2.00 bits per heavy atom. The van der Waals surface area contributed by atoms with E-state index in [0.29, 0.717) is 18.5 Å². The van der Waals surface area contributed by atoms with Gasteiger partial charge in [-0.15, -0.1) is 0 Å². The van der Waals surface area contributed by atoms with Crippen molar-refractivity contribution in [3.05, 3.63) is 11.8 Å². The molecule has 0 fully saturated rings. The summed E-state index contributed by atoms with van der Waals surface area (Å²) in [6.45, 7) is 7.01. The molecule has 0 amide bonds. The fourth-order valence-electron chi connectivity index (χ4n) is 2.13. The summed E-state index contributed by atoms with van der Waals surface area (Å²) in [4.78, 5) is 10.9. The fraction of sp³-hybridized carbons (Fsp3) is 0.692. The topological polar surface area (TPSA) is 61.3 Å². The van der Waals surface area contributed by atoms with Crippen molar-refractivity contribution < 1.29 is 5.11 Å². The fourth-order valence-corrected chi connectivity index (χ4v) is 2.13. The van der Waals surface area contributed by atoms with E-state index < -0.39 is 0 Å². The van der Waals surface area contributed by atoms with E-state index in [1.165, 1.54) is 0 Å². The first kappa shape index (κ1) is 14.7. The number of rotatable bonds is 7. The van der Waals surface area contributed by atoms with E-state index in [0.717, 1.165) is 24.4 Å². The Labute approximate surface area is 109 Å². The van der Waals surface area contributed by atoms with Crippen LogP contribution in [0.4, 0.5) is 11.8 Å². The van der Waals surface area contributed by atoms with Crippen molar-refractivity contribution >= 4 is 11.8 Å². The quantitative estimate of drug-likeness (QED) is 0.775. The minimum atomic E-state index is 0.133. The van der Waals surface area contributed by atoms with E-state index in [1.807, 2.05) is 20.0 Å². The molecule has 1 aromatic heterocycles. The molecule has 0 spiro atoms. The van der Waals surface area contributed by atoms with Gasteiger partial charge in [-0.25, -0.2) is 4.98 Å². The molecule has 18 heavy (non-hydrogen) atoms. The standard InChI is InChI=1S/C13H24N4O/c1-5-11(6-2)17(7-8-18)12-9-10(3)15-13(14-4)16-12/h9,11,18H,5-8H2,1-4H3,(H,14,15,16). The molecule has 5 nitrogen and oxygen atoms in total. The van der Waals surface area contributed by atoms with E-state index in [4.69, 9.17) is 0 Å². The Balaban J connectivity index is 3.07. The minimum Gasteiger partial charge on any atom is -0.395 e. The highest BCUT2D eigenvalue weighted by atomic mass is 16.3. The largest absolute Gasteiger partial charge is 0.395 e. The lowest BCUT2D eigenvalue weighted by molar-refractivity contribution is 0.295. The van der Waals surface area contributed by atoms with Crippen LogP contribution >= 0.6 is 0 Å². The van der Waals surface area contributed by atoms with Crippen LogP contribution in [0, 0.1) is 6.92 Å².